The van der Waals surface area contributed by atoms with Crippen LogP contribution in [-0.4, -0.2) is 35.0 Å². The van der Waals surface area contributed by atoms with Gasteiger partial charge in [-0.15, -0.1) is 0 Å². The number of fused-ring (bicyclic) bond motifs is 5. The van der Waals surface area contributed by atoms with Gasteiger partial charge >= 0.3 is 0 Å². The van der Waals surface area contributed by atoms with E-state index in [2.05, 4.69) is 53.7 Å². The van der Waals surface area contributed by atoms with E-state index in [9.17, 15) is 15.0 Å². The Morgan fingerprint density at radius 2 is 1.85 bits per heavy atom. The molecule has 4 aliphatic carbocycles. The molecule has 9 atom stereocenters. The third kappa shape index (κ3) is 3.38. The third-order valence-corrected chi connectivity index (χ3v) is 10.9. The van der Waals surface area contributed by atoms with Gasteiger partial charge in [-0.1, -0.05) is 56.6 Å². The molecule has 9 unspecified atom stereocenters. The van der Waals surface area contributed by atoms with Gasteiger partial charge in [-0.2, -0.15) is 0 Å². The predicted octanol–water partition coefficient (Wildman–Crippen LogP) is 5.74. The van der Waals surface area contributed by atoms with Crippen LogP contribution in [0.5, 0.6) is 0 Å². The highest BCUT2D eigenvalue weighted by atomic mass is 16.6. The lowest BCUT2D eigenvalue weighted by atomic mass is 9.44. The lowest BCUT2D eigenvalue weighted by Gasteiger charge is -2.61. The number of allylic oxidation sites excluding steroid dienone is 5. The zero-order valence-electron chi connectivity index (χ0n) is 21.9. The standard InChI is InChI=1S/C30H44O4/c1-17(2)13-19-15-21(27(33)34-19)20-9-11-30(6)22-7-8-24-28(3,4)25(32)10-12-29(24,5)23(22)14-18(16-31)26(20)30/h7,13,16,19-21,23-25,27,32-33H,8-12,14-15H2,1-6H3. The monoisotopic (exact) mass is 468 g/mol. The molecule has 0 amide bonds. The first kappa shape index (κ1) is 24.5. The summed E-state index contributed by atoms with van der Waals surface area (Å²) in [5.41, 5.74) is 4.90. The summed E-state index contributed by atoms with van der Waals surface area (Å²) in [6.07, 6.45) is 11.2. The molecule has 5 rings (SSSR count). The number of hydrogen-bond donors (Lipinski definition) is 2. The predicted molar refractivity (Wildman–Crippen MR) is 134 cm³/mol. The lowest BCUT2D eigenvalue weighted by Crippen LogP contribution is -2.56. The average Bonchev–Trinajstić information content (AvgIpc) is 3.30. The number of aliphatic hydroxyl groups excluding tert-OH is 2. The van der Waals surface area contributed by atoms with Crippen LogP contribution < -0.4 is 0 Å². The maximum absolute atomic E-state index is 12.6. The minimum absolute atomic E-state index is 0.0419. The van der Waals surface area contributed by atoms with E-state index < -0.39 is 6.29 Å². The van der Waals surface area contributed by atoms with Crippen molar-refractivity contribution < 1.29 is 19.7 Å². The molecule has 2 N–H and O–H groups in total. The van der Waals surface area contributed by atoms with E-state index in [1.54, 1.807) is 0 Å². The highest BCUT2D eigenvalue weighted by molar-refractivity contribution is 5.77. The van der Waals surface area contributed by atoms with E-state index in [1.807, 2.05) is 0 Å². The Bertz CT molecular complexity index is 953. The van der Waals surface area contributed by atoms with Gasteiger partial charge in [-0.05, 0) is 93.0 Å². The smallest absolute Gasteiger partial charge is 0.158 e. The highest BCUT2D eigenvalue weighted by Gasteiger charge is 2.61. The fraction of sp³-hybridized carbons (Fsp3) is 0.767. The summed E-state index contributed by atoms with van der Waals surface area (Å²) in [6, 6.07) is 0. The van der Waals surface area contributed by atoms with Crippen molar-refractivity contribution in [1.82, 2.24) is 0 Å². The molecule has 2 saturated carbocycles. The van der Waals surface area contributed by atoms with Crippen LogP contribution >= 0.6 is 0 Å². The molecule has 0 spiro atoms. The van der Waals surface area contributed by atoms with Crippen molar-refractivity contribution in [3.63, 3.8) is 0 Å². The van der Waals surface area contributed by atoms with Crippen molar-refractivity contribution in [2.75, 3.05) is 0 Å². The molecule has 0 aromatic heterocycles. The maximum Gasteiger partial charge on any atom is 0.158 e. The van der Waals surface area contributed by atoms with E-state index >= 15 is 0 Å². The van der Waals surface area contributed by atoms with Crippen LogP contribution in [0.25, 0.3) is 0 Å². The summed E-state index contributed by atoms with van der Waals surface area (Å²) >= 11 is 0. The lowest BCUT2D eigenvalue weighted by molar-refractivity contribution is -0.119. The summed E-state index contributed by atoms with van der Waals surface area (Å²) in [4.78, 5) is 12.6. The van der Waals surface area contributed by atoms with Crippen molar-refractivity contribution in [2.45, 2.75) is 105 Å². The van der Waals surface area contributed by atoms with E-state index in [4.69, 9.17) is 4.74 Å². The van der Waals surface area contributed by atoms with Gasteiger partial charge in [0.25, 0.3) is 0 Å². The molecule has 188 valence electrons. The molecule has 1 aliphatic heterocycles. The van der Waals surface area contributed by atoms with Crippen LogP contribution in [0.4, 0.5) is 0 Å². The van der Waals surface area contributed by atoms with Crippen molar-refractivity contribution in [3.8, 4) is 0 Å². The SMILES string of the molecule is CC(C)=CC1CC(C2CCC3(C)C4=CCC5C(C)(C)C(O)CCC5(C)C4CC(C=O)=C23)C(O)O1. The van der Waals surface area contributed by atoms with Crippen molar-refractivity contribution >= 4 is 6.29 Å². The summed E-state index contributed by atoms with van der Waals surface area (Å²) in [7, 11) is 0. The molecule has 0 aromatic rings. The van der Waals surface area contributed by atoms with E-state index in [-0.39, 0.29) is 40.3 Å². The van der Waals surface area contributed by atoms with Gasteiger partial charge < -0.3 is 14.9 Å². The molecule has 0 bridgehead atoms. The Hall–Kier alpha value is -1.23. The van der Waals surface area contributed by atoms with Gasteiger partial charge in [0, 0.05) is 11.3 Å². The van der Waals surface area contributed by atoms with Gasteiger partial charge in [-0.3, -0.25) is 4.79 Å². The number of hydrogen-bond acceptors (Lipinski definition) is 4. The van der Waals surface area contributed by atoms with Crippen LogP contribution in [0.2, 0.25) is 0 Å². The zero-order chi connectivity index (χ0) is 24.6. The topological polar surface area (TPSA) is 66.8 Å². The first-order valence-corrected chi connectivity index (χ1v) is 13.5. The Kier molecular flexibility index (Phi) is 5.86. The normalized spacial score (nSPS) is 47.4. The Balaban J connectivity index is 1.53. The maximum atomic E-state index is 12.6. The number of aldehydes is 1. The third-order valence-electron chi connectivity index (χ3n) is 10.9. The summed E-state index contributed by atoms with van der Waals surface area (Å²) in [5.74, 6) is 1.02. The number of aliphatic hydroxyl groups is 2. The minimum atomic E-state index is -0.770. The van der Waals surface area contributed by atoms with Gasteiger partial charge in [0.05, 0.1) is 12.2 Å². The fourth-order valence-electron chi connectivity index (χ4n) is 9.22. The Morgan fingerprint density at radius 1 is 1.12 bits per heavy atom. The fourth-order valence-corrected chi connectivity index (χ4v) is 9.22. The molecular formula is C30H44O4. The van der Waals surface area contributed by atoms with Crippen molar-refractivity contribution in [2.24, 2.45) is 39.9 Å². The molecular weight excluding hydrogens is 424 g/mol. The molecule has 0 aromatic carbocycles. The summed E-state index contributed by atoms with van der Waals surface area (Å²) < 4.78 is 5.93. The van der Waals surface area contributed by atoms with Crippen molar-refractivity contribution in [3.05, 3.63) is 34.4 Å². The number of carbonyl (C=O) groups excluding carboxylic acids is 1. The highest BCUT2D eigenvalue weighted by Crippen LogP contribution is 2.69. The second-order valence-corrected chi connectivity index (χ2v) is 13.3. The average molecular weight is 469 g/mol. The van der Waals surface area contributed by atoms with Crippen LogP contribution in [-0.2, 0) is 9.53 Å². The van der Waals surface area contributed by atoms with Gasteiger partial charge in [0.1, 0.15) is 6.29 Å². The zero-order valence-corrected chi connectivity index (χ0v) is 21.9. The van der Waals surface area contributed by atoms with Crippen LogP contribution in [0.1, 0.15) is 86.5 Å². The molecule has 4 nitrogen and oxygen atoms in total. The number of rotatable bonds is 3. The summed E-state index contributed by atoms with van der Waals surface area (Å²) in [6.45, 7) is 13.4. The molecule has 1 saturated heterocycles. The second-order valence-electron chi connectivity index (χ2n) is 13.3. The van der Waals surface area contributed by atoms with E-state index in [0.717, 1.165) is 56.8 Å². The van der Waals surface area contributed by atoms with Gasteiger partial charge in [-0.25, -0.2) is 0 Å². The van der Waals surface area contributed by atoms with Crippen LogP contribution in [0.15, 0.2) is 34.4 Å². The number of ether oxygens (including phenoxy) is 1. The molecule has 34 heavy (non-hydrogen) atoms. The molecule has 4 heteroatoms. The van der Waals surface area contributed by atoms with Gasteiger partial charge in [0.15, 0.2) is 6.29 Å². The minimum Gasteiger partial charge on any atom is -0.393 e. The van der Waals surface area contributed by atoms with Crippen molar-refractivity contribution in [1.29, 1.82) is 0 Å². The Labute approximate surface area is 205 Å². The van der Waals surface area contributed by atoms with Gasteiger partial charge in [0.2, 0.25) is 0 Å². The number of carbonyl (C=O) groups is 1. The van der Waals surface area contributed by atoms with E-state index in [0.29, 0.717) is 11.8 Å². The first-order chi connectivity index (χ1) is 15.9. The molecule has 0 radical (unpaired) electrons. The first-order valence-electron chi connectivity index (χ1n) is 13.5. The summed E-state index contributed by atoms with van der Waals surface area (Å²) in [5, 5.41) is 21.7. The largest absolute Gasteiger partial charge is 0.393 e. The Morgan fingerprint density at radius 3 is 2.53 bits per heavy atom. The van der Waals surface area contributed by atoms with Crippen LogP contribution in [0, 0.1) is 39.9 Å². The second kappa shape index (κ2) is 8.15. The molecule has 3 fully saturated rings. The quantitative estimate of drug-likeness (QED) is 0.409. The van der Waals surface area contributed by atoms with Crippen LogP contribution in [0.3, 0.4) is 0 Å². The molecule has 1 heterocycles. The molecule has 5 aliphatic rings. The van der Waals surface area contributed by atoms with E-state index in [1.165, 1.54) is 16.7 Å².